The highest BCUT2D eigenvalue weighted by molar-refractivity contribution is 5.86. The fourth-order valence-corrected chi connectivity index (χ4v) is 3.32. The van der Waals surface area contributed by atoms with Gasteiger partial charge in [-0.2, -0.15) is 0 Å². The second-order valence-corrected chi connectivity index (χ2v) is 5.97. The Morgan fingerprint density at radius 1 is 0.500 bits per heavy atom. The number of rotatable bonds is 4. The molecule has 2 N–H and O–H groups in total. The summed E-state index contributed by atoms with van der Waals surface area (Å²) in [7, 11) is 0. The molecular weight excluding hydrogens is 314 g/mol. The highest BCUT2D eigenvalue weighted by Crippen LogP contribution is 2.19. The number of nitrogens with two attached hydrogens (primary N) is 1. The maximum absolute atomic E-state index is 2.39. The van der Waals surface area contributed by atoms with E-state index < -0.39 is 0 Å². The average molecular weight is 334 g/mol. The van der Waals surface area contributed by atoms with Crippen LogP contribution in [0.5, 0.6) is 0 Å². The van der Waals surface area contributed by atoms with E-state index in [9.17, 15) is 0 Å². The molecule has 0 aliphatic carbocycles. The van der Waals surface area contributed by atoms with E-state index >= 15 is 0 Å². The predicted molar refractivity (Wildman–Crippen MR) is 97.2 cm³/mol. The third kappa shape index (κ3) is 3.28. The van der Waals surface area contributed by atoms with E-state index in [1.807, 2.05) is 0 Å². The van der Waals surface area contributed by atoms with Crippen LogP contribution in [0, 0.1) is 0 Å². The zero-order chi connectivity index (χ0) is 15.5. The summed E-state index contributed by atoms with van der Waals surface area (Å²) in [6.45, 7) is 2.01. The first kappa shape index (κ1) is 16.5. The molecule has 0 aliphatic rings. The average Bonchev–Trinajstić information content (AvgIpc) is 2.62. The zero-order valence-electron chi connectivity index (χ0n) is 13.5. The van der Waals surface area contributed by atoms with Crippen molar-refractivity contribution in [2.45, 2.75) is 13.1 Å². The second-order valence-electron chi connectivity index (χ2n) is 5.97. The van der Waals surface area contributed by atoms with Gasteiger partial charge in [0, 0.05) is 11.1 Å². The molecule has 24 heavy (non-hydrogen) atoms. The van der Waals surface area contributed by atoms with Crippen LogP contribution in [0.15, 0.2) is 84.9 Å². The monoisotopic (exact) mass is 333 g/mol. The van der Waals surface area contributed by atoms with Gasteiger partial charge in [-0.25, -0.2) is 0 Å². The predicted octanol–water partition coefficient (Wildman–Crippen LogP) is 1.26. The van der Waals surface area contributed by atoms with Crippen LogP contribution in [0.1, 0.15) is 11.1 Å². The van der Waals surface area contributed by atoms with Gasteiger partial charge in [-0.1, -0.05) is 84.9 Å². The highest BCUT2D eigenvalue weighted by Gasteiger charge is 2.04. The molecule has 0 bridgehead atoms. The molecule has 120 valence electrons. The van der Waals surface area contributed by atoms with E-state index in [0.29, 0.717) is 0 Å². The van der Waals surface area contributed by atoms with Crippen LogP contribution in [0.4, 0.5) is 0 Å². The topological polar surface area (TPSA) is 16.6 Å². The largest absolute Gasteiger partial charge is 1.00 e. The van der Waals surface area contributed by atoms with Gasteiger partial charge in [0.1, 0.15) is 13.1 Å². The zero-order valence-corrected chi connectivity index (χ0v) is 14.2. The molecule has 0 amide bonds. The Hall–Kier alpha value is -2.35. The van der Waals surface area contributed by atoms with Crippen LogP contribution in [0.3, 0.4) is 0 Å². The number of halogens is 1. The number of quaternary nitrogens is 1. The summed E-state index contributed by atoms with van der Waals surface area (Å²) < 4.78 is 0. The van der Waals surface area contributed by atoms with Gasteiger partial charge in [0.25, 0.3) is 0 Å². The van der Waals surface area contributed by atoms with E-state index in [-0.39, 0.29) is 12.4 Å². The SMILES string of the molecule is [Cl-].c1ccc2c(C[NH2+]Cc3cccc4ccccc34)cccc2c1. The van der Waals surface area contributed by atoms with Crippen LogP contribution in [0.25, 0.3) is 21.5 Å². The Balaban J connectivity index is 0.00000169. The number of hydrogen-bond donors (Lipinski definition) is 1. The van der Waals surface area contributed by atoms with Crippen molar-refractivity contribution in [3.05, 3.63) is 96.1 Å². The molecule has 0 saturated heterocycles. The maximum atomic E-state index is 2.39. The molecule has 0 heterocycles. The van der Waals surface area contributed by atoms with Gasteiger partial charge in [0.05, 0.1) is 0 Å². The lowest BCUT2D eigenvalue weighted by atomic mass is 10.0. The van der Waals surface area contributed by atoms with E-state index in [1.165, 1.54) is 32.7 Å². The molecule has 0 aromatic heterocycles. The Labute approximate surface area is 148 Å². The Morgan fingerprint density at radius 3 is 1.42 bits per heavy atom. The van der Waals surface area contributed by atoms with Gasteiger partial charge in [0.15, 0.2) is 0 Å². The van der Waals surface area contributed by atoms with Crippen molar-refractivity contribution >= 4 is 21.5 Å². The van der Waals surface area contributed by atoms with Gasteiger partial charge in [-0.05, 0) is 21.5 Å². The summed E-state index contributed by atoms with van der Waals surface area (Å²) in [6.07, 6.45) is 0. The minimum atomic E-state index is 0. The van der Waals surface area contributed by atoms with E-state index in [1.54, 1.807) is 0 Å². The van der Waals surface area contributed by atoms with Gasteiger partial charge in [0.2, 0.25) is 0 Å². The van der Waals surface area contributed by atoms with Crippen LogP contribution in [0.2, 0.25) is 0 Å². The van der Waals surface area contributed by atoms with Crippen LogP contribution >= 0.6 is 0 Å². The lowest BCUT2D eigenvalue weighted by Crippen LogP contribution is -3.00. The van der Waals surface area contributed by atoms with Crippen molar-refractivity contribution in [2.24, 2.45) is 0 Å². The second kappa shape index (κ2) is 7.48. The molecule has 0 radical (unpaired) electrons. The van der Waals surface area contributed by atoms with Gasteiger partial charge in [-0.3, -0.25) is 0 Å². The highest BCUT2D eigenvalue weighted by atomic mass is 35.5. The number of hydrogen-bond acceptors (Lipinski definition) is 0. The molecule has 0 spiro atoms. The summed E-state index contributed by atoms with van der Waals surface area (Å²) in [4.78, 5) is 0. The molecule has 1 nitrogen and oxygen atoms in total. The van der Waals surface area contributed by atoms with E-state index in [0.717, 1.165) is 13.1 Å². The van der Waals surface area contributed by atoms with E-state index in [4.69, 9.17) is 0 Å². The molecule has 0 atom stereocenters. The number of benzene rings is 4. The Morgan fingerprint density at radius 2 is 0.917 bits per heavy atom. The third-order valence-electron chi connectivity index (χ3n) is 4.49. The maximum Gasteiger partial charge on any atom is 0.102 e. The van der Waals surface area contributed by atoms with Gasteiger partial charge in [-0.15, -0.1) is 0 Å². The molecule has 4 aromatic carbocycles. The molecule has 0 aliphatic heterocycles. The number of fused-ring (bicyclic) bond motifs is 2. The van der Waals surface area contributed by atoms with Crippen LogP contribution in [-0.4, -0.2) is 0 Å². The van der Waals surface area contributed by atoms with Crippen molar-refractivity contribution in [3.8, 4) is 0 Å². The van der Waals surface area contributed by atoms with Crippen molar-refractivity contribution in [3.63, 3.8) is 0 Å². The summed E-state index contributed by atoms with van der Waals surface area (Å²) in [5.74, 6) is 0. The molecule has 2 heteroatoms. The lowest BCUT2D eigenvalue weighted by Gasteiger charge is -2.08. The summed E-state index contributed by atoms with van der Waals surface area (Å²) in [6, 6.07) is 30.4. The summed E-state index contributed by atoms with van der Waals surface area (Å²) in [5.41, 5.74) is 2.81. The lowest BCUT2D eigenvalue weighted by molar-refractivity contribution is -0.685. The first-order chi connectivity index (χ1) is 11.4. The summed E-state index contributed by atoms with van der Waals surface area (Å²) in [5, 5.41) is 7.77. The Bertz CT molecular complexity index is 872. The molecule has 0 saturated carbocycles. The first-order valence-corrected chi connectivity index (χ1v) is 8.17. The fourth-order valence-electron chi connectivity index (χ4n) is 3.32. The molecule has 0 fully saturated rings. The standard InChI is InChI=1S/C22H19N.ClH/c1-3-13-21-17(7-1)9-5-11-19(21)15-23-16-20-12-6-10-18-8-2-4-14-22(18)20;/h1-14,23H,15-16H2;1H. The van der Waals surface area contributed by atoms with Crippen LogP contribution in [-0.2, 0) is 13.1 Å². The minimum absolute atomic E-state index is 0. The molecular formula is C22H20ClN. The fraction of sp³-hybridized carbons (Fsp3) is 0.0909. The minimum Gasteiger partial charge on any atom is -1.00 e. The summed E-state index contributed by atoms with van der Waals surface area (Å²) >= 11 is 0. The third-order valence-corrected chi connectivity index (χ3v) is 4.49. The van der Waals surface area contributed by atoms with Gasteiger partial charge < -0.3 is 17.7 Å². The van der Waals surface area contributed by atoms with Crippen molar-refractivity contribution in [2.75, 3.05) is 0 Å². The van der Waals surface area contributed by atoms with Gasteiger partial charge >= 0.3 is 0 Å². The molecule has 0 unspecified atom stereocenters. The van der Waals surface area contributed by atoms with Crippen molar-refractivity contribution in [1.82, 2.24) is 0 Å². The quantitative estimate of drug-likeness (QED) is 0.579. The van der Waals surface area contributed by atoms with Crippen molar-refractivity contribution in [1.29, 1.82) is 0 Å². The smallest absolute Gasteiger partial charge is 0.102 e. The van der Waals surface area contributed by atoms with Crippen molar-refractivity contribution < 1.29 is 17.7 Å². The van der Waals surface area contributed by atoms with Crippen LogP contribution < -0.4 is 17.7 Å². The van der Waals surface area contributed by atoms with E-state index in [2.05, 4.69) is 90.2 Å². The first-order valence-electron chi connectivity index (χ1n) is 8.17. The molecule has 4 aromatic rings. The molecule has 4 rings (SSSR count). The Kier molecular flexibility index (Phi) is 5.14. The normalized spacial score (nSPS) is 10.7.